The first-order valence-corrected chi connectivity index (χ1v) is 7.68. The van der Waals surface area contributed by atoms with Gasteiger partial charge in [-0.15, -0.1) is 0 Å². The van der Waals surface area contributed by atoms with Crippen molar-refractivity contribution in [2.45, 2.75) is 12.5 Å². The van der Waals surface area contributed by atoms with E-state index in [4.69, 9.17) is 16.3 Å². The normalized spacial score (nSPS) is 13.1. The van der Waals surface area contributed by atoms with Crippen molar-refractivity contribution in [1.82, 2.24) is 5.32 Å². The van der Waals surface area contributed by atoms with Crippen LogP contribution in [0.25, 0.3) is 0 Å². The molecule has 1 atom stereocenters. The van der Waals surface area contributed by atoms with Gasteiger partial charge in [-0.05, 0) is 25.1 Å². The molecule has 132 valence electrons. The fourth-order valence-electron chi connectivity index (χ4n) is 2.31. The lowest BCUT2D eigenvalue weighted by Crippen LogP contribution is -2.40. The lowest BCUT2D eigenvalue weighted by atomic mass is 9.95. The van der Waals surface area contributed by atoms with E-state index in [1.807, 2.05) is 0 Å². The number of nitro groups is 1. The zero-order valence-electron chi connectivity index (χ0n) is 13.6. The van der Waals surface area contributed by atoms with Crippen LogP contribution in [0.2, 0.25) is 5.02 Å². The Kier molecular flexibility index (Phi) is 5.71. The summed E-state index contributed by atoms with van der Waals surface area (Å²) >= 11 is 5.73. The van der Waals surface area contributed by atoms with Crippen LogP contribution in [-0.4, -0.2) is 24.5 Å². The second kappa shape index (κ2) is 7.58. The highest BCUT2D eigenvalue weighted by molar-refractivity contribution is 6.32. The van der Waals surface area contributed by atoms with Crippen molar-refractivity contribution in [3.63, 3.8) is 0 Å². The van der Waals surface area contributed by atoms with Gasteiger partial charge in [-0.2, -0.15) is 0 Å². The van der Waals surface area contributed by atoms with Gasteiger partial charge in [0.15, 0.2) is 0 Å². The molecule has 6 nitrogen and oxygen atoms in total. The van der Waals surface area contributed by atoms with E-state index < -0.39 is 22.2 Å². The molecule has 0 aliphatic heterocycles. The fraction of sp³-hybridized carbons (Fsp3) is 0.235. The molecule has 0 bridgehead atoms. The lowest BCUT2D eigenvalue weighted by Gasteiger charge is -2.29. The molecule has 2 aromatic rings. The monoisotopic (exact) mass is 366 g/mol. The number of hydrogen-bond acceptors (Lipinski definition) is 4. The maximum absolute atomic E-state index is 14.0. The Bertz CT molecular complexity index is 815. The van der Waals surface area contributed by atoms with Gasteiger partial charge in [0.2, 0.25) is 0 Å². The summed E-state index contributed by atoms with van der Waals surface area (Å²) in [4.78, 5) is 22.5. The van der Waals surface area contributed by atoms with Gasteiger partial charge in [0.1, 0.15) is 16.4 Å². The maximum atomic E-state index is 14.0. The molecule has 0 aliphatic rings. The van der Waals surface area contributed by atoms with Crippen LogP contribution < -0.4 is 5.32 Å². The van der Waals surface area contributed by atoms with Gasteiger partial charge in [-0.3, -0.25) is 14.9 Å². The van der Waals surface area contributed by atoms with E-state index in [1.54, 1.807) is 25.1 Å². The molecule has 0 heterocycles. The summed E-state index contributed by atoms with van der Waals surface area (Å²) in [6.45, 7) is 1.61. The topological polar surface area (TPSA) is 81.5 Å². The standard InChI is InChI=1S/C17H16ClFN2O4/c1-17(25-2,12-5-3-4-6-14(12)19)10-20-16(22)11-7-8-13(18)15(9-11)21(23)24/h3-9H,10H2,1-2H3,(H,20,22). The Morgan fingerprint density at radius 1 is 1.36 bits per heavy atom. The number of carbonyl (C=O) groups is 1. The number of ether oxygens (including phenoxy) is 1. The average Bonchev–Trinajstić information content (AvgIpc) is 2.60. The predicted octanol–water partition coefficient (Wildman–Crippen LogP) is 3.68. The van der Waals surface area contributed by atoms with Gasteiger partial charge in [0.25, 0.3) is 11.6 Å². The molecule has 0 saturated heterocycles. The number of rotatable bonds is 6. The Morgan fingerprint density at radius 3 is 2.64 bits per heavy atom. The second-order valence-corrected chi connectivity index (χ2v) is 5.93. The van der Waals surface area contributed by atoms with Crippen molar-refractivity contribution >= 4 is 23.2 Å². The summed E-state index contributed by atoms with van der Waals surface area (Å²) in [6, 6.07) is 9.83. The molecule has 25 heavy (non-hydrogen) atoms. The second-order valence-electron chi connectivity index (χ2n) is 5.52. The number of methoxy groups -OCH3 is 1. The van der Waals surface area contributed by atoms with Crippen LogP contribution in [0.15, 0.2) is 42.5 Å². The Hall–Kier alpha value is -2.51. The van der Waals surface area contributed by atoms with Gasteiger partial charge in [-0.25, -0.2) is 4.39 Å². The summed E-state index contributed by atoms with van der Waals surface area (Å²) in [5, 5.41) is 13.5. The number of nitro benzene ring substituents is 1. The van der Waals surface area contributed by atoms with Gasteiger partial charge in [-0.1, -0.05) is 29.8 Å². The van der Waals surface area contributed by atoms with Crippen LogP contribution in [0.4, 0.5) is 10.1 Å². The number of amides is 1. The molecule has 8 heteroatoms. The van der Waals surface area contributed by atoms with Crippen LogP contribution in [-0.2, 0) is 10.3 Å². The van der Waals surface area contributed by atoms with Crippen molar-refractivity contribution in [2.24, 2.45) is 0 Å². The molecule has 0 spiro atoms. The van der Waals surface area contributed by atoms with Gasteiger partial charge in [0, 0.05) is 24.3 Å². The Morgan fingerprint density at radius 2 is 2.04 bits per heavy atom. The highest BCUT2D eigenvalue weighted by atomic mass is 35.5. The van der Waals surface area contributed by atoms with Gasteiger partial charge in [0.05, 0.1) is 11.5 Å². The van der Waals surface area contributed by atoms with Crippen molar-refractivity contribution in [1.29, 1.82) is 0 Å². The third kappa shape index (κ3) is 4.12. The molecular formula is C17H16ClFN2O4. The van der Waals surface area contributed by atoms with E-state index in [9.17, 15) is 19.3 Å². The van der Waals surface area contributed by atoms with Crippen LogP contribution in [0.5, 0.6) is 0 Å². The van der Waals surface area contributed by atoms with Crippen LogP contribution >= 0.6 is 11.6 Å². The summed E-state index contributed by atoms with van der Waals surface area (Å²) in [6.07, 6.45) is 0. The molecule has 0 aromatic heterocycles. The first-order valence-electron chi connectivity index (χ1n) is 7.31. The van der Waals surface area contributed by atoms with E-state index in [0.717, 1.165) is 6.07 Å². The first kappa shape index (κ1) is 18.8. The molecule has 0 radical (unpaired) electrons. The van der Waals surface area contributed by atoms with E-state index in [-0.39, 0.29) is 22.8 Å². The number of hydrogen-bond donors (Lipinski definition) is 1. The highest BCUT2D eigenvalue weighted by Crippen LogP contribution is 2.27. The van der Waals surface area contributed by atoms with Crippen LogP contribution in [0.1, 0.15) is 22.8 Å². The zero-order valence-corrected chi connectivity index (χ0v) is 14.3. The third-order valence-corrected chi connectivity index (χ3v) is 4.21. The van der Waals surface area contributed by atoms with E-state index in [1.165, 1.54) is 25.3 Å². The minimum atomic E-state index is -1.10. The smallest absolute Gasteiger partial charge is 0.288 e. The zero-order chi connectivity index (χ0) is 18.6. The molecule has 1 unspecified atom stereocenters. The Balaban J connectivity index is 2.19. The van der Waals surface area contributed by atoms with Crippen molar-refractivity contribution in [3.8, 4) is 0 Å². The van der Waals surface area contributed by atoms with Crippen LogP contribution in [0.3, 0.4) is 0 Å². The van der Waals surface area contributed by atoms with Crippen molar-refractivity contribution < 1.29 is 18.8 Å². The molecule has 2 rings (SSSR count). The van der Waals surface area contributed by atoms with Crippen molar-refractivity contribution in [2.75, 3.05) is 13.7 Å². The molecule has 0 saturated carbocycles. The lowest BCUT2D eigenvalue weighted by molar-refractivity contribution is -0.384. The third-order valence-electron chi connectivity index (χ3n) is 3.89. The first-order chi connectivity index (χ1) is 11.8. The minimum Gasteiger partial charge on any atom is -0.372 e. The van der Waals surface area contributed by atoms with Crippen LogP contribution in [0, 0.1) is 15.9 Å². The summed E-state index contributed by atoms with van der Waals surface area (Å²) in [5.41, 5.74) is -1.10. The van der Waals surface area contributed by atoms with E-state index >= 15 is 0 Å². The Labute approximate surface area is 148 Å². The largest absolute Gasteiger partial charge is 0.372 e. The molecule has 0 aliphatic carbocycles. The molecular weight excluding hydrogens is 351 g/mol. The fourth-order valence-corrected chi connectivity index (χ4v) is 2.50. The quantitative estimate of drug-likeness (QED) is 0.624. The maximum Gasteiger partial charge on any atom is 0.288 e. The van der Waals surface area contributed by atoms with Crippen molar-refractivity contribution in [3.05, 3.63) is 74.5 Å². The average molecular weight is 367 g/mol. The molecule has 1 N–H and O–H groups in total. The summed E-state index contributed by atoms with van der Waals surface area (Å²) < 4.78 is 19.4. The summed E-state index contributed by atoms with van der Waals surface area (Å²) in [5.74, 6) is -1.01. The number of halogens is 2. The SMILES string of the molecule is COC(C)(CNC(=O)c1ccc(Cl)c([N+](=O)[O-])c1)c1ccccc1F. The molecule has 1 amide bonds. The number of nitrogens with one attached hydrogen (secondary N) is 1. The van der Waals surface area contributed by atoms with E-state index in [0.29, 0.717) is 5.56 Å². The number of nitrogens with zero attached hydrogens (tertiary/aromatic N) is 1. The van der Waals surface area contributed by atoms with Gasteiger partial charge >= 0.3 is 0 Å². The summed E-state index contributed by atoms with van der Waals surface area (Å²) in [7, 11) is 1.41. The molecule has 0 fully saturated rings. The predicted molar refractivity (Wildman–Crippen MR) is 91.2 cm³/mol. The number of carbonyl (C=O) groups excluding carboxylic acids is 1. The number of benzene rings is 2. The minimum absolute atomic E-state index is 0.0281. The van der Waals surface area contributed by atoms with E-state index in [2.05, 4.69) is 5.32 Å². The highest BCUT2D eigenvalue weighted by Gasteiger charge is 2.30. The van der Waals surface area contributed by atoms with Gasteiger partial charge < -0.3 is 10.1 Å². The molecule has 2 aromatic carbocycles.